The van der Waals surface area contributed by atoms with Gasteiger partial charge in [-0.1, -0.05) is 6.92 Å². The summed E-state index contributed by atoms with van der Waals surface area (Å²) in [6, 6.07) is 0.437. The van der Waals surface area contributed by atoms with E-state index < -0.39 is 0 Å². The molecule has 1 atom stereocenters. The predicted molar refractivity (Wildman–Crippen MR) is 55.7 cm³/mol. The van der Waals surface area contributed by atoms with Gasteiger partial charge in [-0.25, -0.2) is 0 Å². The number of nitrogens with two attached hydrogens (primary N) is 1. The number of aliphatic imine (C=N–C) groups is 1. The van der Waals surface area contributed by atoms with Crippen molar-refractivity contribution in [2.45, 2.75) is 45.7 Å². The molecule has 0 rings (SSSR count). The second kappa shape index (κ2) is 6.71. The highest BCUT2D eigenvalue weighted by Gasteiger charge is 2.04. The lowest BCUT2D eigenvalue weighted by molar-refractivity contribution is 0.274. The number of nitrogens with one attached hydrogen (secondary N) is 1. The van der Waals surface area contributed by atoms with Crippen LogP contribution in [0, 0.1) is 0 Å². The number of hydrogen-bond acceptors (Lipinski definition) is 2. The number of aliphatic hydroxyl groups excluding tert-OH is 1. The lowest BCUT2D eigenvalue weighted by Gasteiger charge is -2.12. The normalized spacial score (nSPS) is 14.7. The second-order valence-corrected chi connectivity index (χ2v) is 3.39. The monoisotopic (exact) mass is 187 g/mol. The molecule has 0 heterocycles. The fraction of sp³-hybridized carbons (Fsp3) is 0.889. The third kappa shape index (κ3) is 6.40. The fourth-order valence-corrected chi connectivity index (χ4v) is 1.04. The summed E-state index contributed by atoms with van der Waals surface area (Å²) in [5, 5.41) is 11.7. The molecule has 0 bridgehead atoms. The van der Waals surface area contributed by atoms with E-state index in [1.165, 1.54) is 0 Å². The molecular weight excluding hydrogens is 166 g/mol. The van der Waals surface area contributed by atoms with Crippen molar-refractivity contribution in [1.29, 1.82) is 0 Å². The van der Waals surface area contributed by atoms with Gasteiger partial charge < -0.3 is 16.2 Å². The third-order valence-corrected chi connectivity index (χ3v) is 1.69. The van der Waals surface area contributed by atoms with Gasteiger partial charge in [0.2, 0.25) is 0 Å². The first-order valence-corrected chi connectivity index (χ1v) is 4.80. The first kappa shape index (κ1) is 12.2. The predicted octanol–water partition coefficient (Wildman–Crippen LogP) is 0.460. The molecule has 1 unspecified atom stereocenters. The van der Waals surface area contributed by atoms with Crippen LogP contribution in [0.4, 0.5) is 0 Å². The van der Waals surface area contributed by atoms with E-state index in [9.17, 15) is 0 Å². The van der Waals surface area contributed by atoms with E-state index in [1.807, 2.05) is 20.8 Å². The van der Waals surface area contributed by atoms with E-state index >= 15 is 0 Å². The van der Waals surface area contributed by atoms with Crippen molar-refractivity contribution in [3.05, 3.63) is 0 Å². The summed E-state index contributed by atoms with van der Waals surface area (Å²) >= 11 is 0. The Labute approximate surface area is 80.2 Å². The first-order chi connectivity index (χ1) is 6.10. The van der Waals surface area contributed by atoms with Gasteiger partial charge in [0.1, 0.15) is 0 Å². The van der Waals surface area contributed by atoms with Crippen molar-refractivity contribution in [2.75, 3.05) is 6.61 Å². The van der Waals surface area contributed by atoms with E-state index in [2.05, 4.69) is 10.3 Å². The van der Waals surface area contributed by atoms with Crippen LogP contribution in [0.2, 0.25) is 0 Å². The van der Waals surface area contributed by atoms with Gasteiger partial charge in [0.25, 0.3) is 0 Å². The zero-order valence-electron chi connectivity index (χ0n) is 8.75. The Balaban J connectivity index is 3.99. The van der Waals surface area contributed by atoms with Crippen LogP contribution in [-0.2, 0) is 0 Å². The standard InChI is InChI=1S/C9H21N3O/c1-4-8(5-6-13)12-9(10)11-7(2)3/h7-8,13H,4-6H2,1-3H3,(H3,10,11,12). The van der Waals surface area contributed by atoms with Gasteiger partial charge in [-0.15, -0.1) is 0 Å². The summed E-state index contributed by atoms with van der Waals surface area (Å²) in [5.41, 5.74) is 5.64. The summed E-state index contributed by atoms with van der Waals surface area (Å²) in [7, 11) is 0. The van der Waals surface area contributed by atoms with Crippen molar-refractivity contribution in [2.24, 2.45) is 10.7 Å². The van der Waals surface area contributed by atoms with Crippen molar-refractivity contribution >= 4 is 5.96 Å². The smallest absolute Gasteiger partial charge is 0.189 e. The molecule has 13 heavy (non-hydrogen) atoms. The Hall–Kier alpha value is -0.770. The van der Waals surface area contributed by atoms with Crippen LogP contribution < -0.4 is 11.1 Å². The van der Waals surface area contributed by atoms with Gasteiger partial charge in [0.05, 0.1) is 6.04 Å². The average molecular weight is 187 g/mol. The molecule has 0 aromatic carbocycles. The number of rotatable bonds is 5. The maximum Gasteiger partial charge on any atom is 0.189 e. The molecule has 0 saturated carbocycles. The molecule has 78 valence electrons. The Morgan fingerprint density at radius 2 is 2.15 bits per heavy atom. The largest absolute Gasteiger partial charge is 0.396 e. The summed E-state index contributed by atoms with van der Waals surface area (Å²) in [6.45, 7) is 6.22. The quantitative estimate of drug-likeness (QED) is 0.432. The van der Waals surface area contributed by atoms with Crippen LogP contribution in [0.1, 0.15) is 33.6 Å². The van der Waals surface area contributed by atoms with Crippen LogP contribution in [-0.4, -0.2) is 29.8 Å². The molecule has 0 amide bonds. The van der Waals surface area contributed by atoms with E-state index in [0.29, 0.717) is 18.4 Å². The van der Waals surface area contributed by atoms with E-state index in [1.54, 1.807) is 0 Å². The number of aliphatic hydroxyl groups is 1. The molecule has 0 aromatic rings. The van der Waals surface area contributed by atoms with Gasteiger partial charge in [-0.2, -0.15) is 0 Å². The molecule has 0 aliphatic heterocycles. The number of guanidine groups is 1. The Morgan fingerprint density at radius 1 is 1.54 bits per heavy atom. The van der Waals surface area contributed by atoms with Gasteiger partial charge >= 0.3 is 0 Å². The summed E-state index contributed by atoms with van der Waals surface area (Å²) in [6.07, 6.45) is 1.58. The summed E-state index contributed by atoms with van der Waals surface area (Å²) < 4.78 is 0. The van der Waals surface area contributed by atoms with Gasteiger partial charge in [0.15, 0.2) is 5.96 Å². The van der Waals surface area contributed by atoms with Crippen LogP contribution in [0.15, 0.2) is 4.99 Å². The molecule has 4 nitrogen and oxygen atoms in total. The van der Waals surface area contributed by atoms with Crippen molar-refractivity contribution in [3.63, 3.8) is 0 Å². The maximum absolute atomic E-state index is 8.73. The molecule has 0 spiro atoms. The summed E-state index contributed by atoms with van der Waals surface area (Å²) in [5.74, 6) is 0.468. The molecule has 4 N–H and O–H groups in total. The Kier molecular flexibility index (Phi) is 6.32. The van der Waals surface area contributed by atoms with Crippen molar-refractivity contribution < 1.29 is 5.11 Å². The van der Waals surface area contributed by atoms with E-state index in [0.717, 1.165) is 6.42 Å². The minimum absolute atomic E-state index is 0.135. The Morgan fingerprint density at radius 3 is 2.54 bits per heavy atom. The second-order valence-electron chi connectivity index (χ2n) is 3.39. The molecule has 0 saturated heterocycles. The summed E-state index contributed by atoms with van der Waals surface area (Å²) in [4.78, 5) is 4.25. The molecule has 0 radical (unpaired) electrons. The first-order valence-electron chi connectivity index (χ1n) is 4.80. The average Bonchev–Trinajstić information content (AvgIpc) is 2.02. The molecule has 0 aromatic heterocycles. The highest BCUT2D eigenvalue weighted by molar-refractivity contribution is 5.78. The van der Waals surface area contributed by atoms with Crippen LogP contribution >= 0.6 is 0 Å². The molecular formula is C9H21N3O. The lowest BCUT2D eigenvalue weighted by Crippen LogP contribution is -2.37. The van der Waals surface area contributed by atoms with Crippen LogP contribution in [0.3, 0.4) is 0 Å². The Bertz CT molecular complexity index is 157. The van der Waals surface area contributed by atoms with Crippen LogP contribution in [0.5, 0.6) is 0 Å². The van der Waals surface area contributed by atoms with Gasteiger partial charge in [-0.3, -0.25) is 4.99 Å². The number of nitrogens with zero attached hydrogens (tertiary/aromatic N) is 1. The molecule has 0 fully saturated rings. The fourth-order valence-electron chi connectivity index (χ4n) is 1.04. The minimum Gasteiger partial charge on any atom is -0.396 e. The molecule has 0 aliphatic rings. The van der Waals surface area contributed by atoms with E-state index in [4.69, 9.17) is 10.8 Å². The van der Waals surface area contributed by atoms with Gasteiger partial charge in [0, 0.05) is 12.6 Å². The SMILES string of the molecule is CCC(CCO)N=C(N)NC(C)C. The van der Waals surface area contributed by atoms with E-state index in [-0.39, 0.29) is 12.6 Å². The topological polar surface area (TPSA) is 70.6 Å². The van der Waals surface area contributed by atoms with Crippen molar-refractivity contribution in [1.82, 2.24) is 5.32 Å². The zero-order chi connectivity index (χ0) is 10.3. The highest BCUT2D eigenvalue weighted by Crippen LogP contribution is 2.01. The third-order valence-electron chi connectivity index (χ3n) is 1.69. The zero-order valence-corrected chi connectivity index (χ0v) is 8.75. The van der Waals surface area contributed by atoms with Crippen LogP contribution in [0.25, 0.3) is 0 Å². The molecule has 0 aliphatic carbocycles. The highest BCUT2D eigenvalue weighted by atomic mass is 16.3. The van der Waals surface area contributed by atoms with Gasteiger partial charge in [-0.05, 0) is 26.7 Å². The number of hydrogen-bond donors (Lipinski definition) is 3. The maximum atomic E-state index is 8.73. The lowest BCUT2D eigenvalue weighted by atomic mass is 10.2. The molecule has 4 heteroatoms. The minimum atomic E-state index is 0.135. The van der Waals surface area contributed by atoms with Crippen molar-refractivity contribution in [3.8, 4) is 0 Å².